The lowest BCUT2D eigenvalue weighted by molar-refractivity contribution is -0.148. The van der Waals surface area contributed by atoms with Gasteiger partial charge < -0.3 is 9.47 Å². The molecule has 1 rings (SSSR count). The quantitative estimate of drug-likeness (QED) is 0.507. The highest BCUT2D eigenvalue weighted by molar-refractivity contribution is 5.66. The molecule has 2 radical (unpaired) electrons. The van der Waals surface area contributed by atoms with Gasteiger partial charge >= 0.3 is 5.97 Å². The van der Waals surface area contributed by atoms with E-state index in [2.05, 4.69) is 6.61 Å². The first kappa shape index (κ1) is 7.54. The van der Waals surface area contributed by atoms with Crippen molar-refractivity contribution in [2.75, 3.05) is 6.61 Å². The maximum atomic E-state index is 10.4. The van der Waals surface area contributed by atoms with E-state index in [0.29, 0.717) is 6.61 Å². The van der Waals surface area contributed by atoms with E-state index in [0.717, 1.165) is 12.8 Å². The van der Waals surface area contributed by atoms with Crippen molar-refractivity contribution in [3.8, 4) is 0 Å². The van der Waals surface area contributed by atoms with Gasteiger partial charge in [-0.25, -0.2) is 0 Å². The highest BCUT2D eigenvalue weighted by Gasteiger charge is 2.17. The van der Waals surface area contributed by atoms with Crippen LogP contribution < -0.4 is 0 Å². The van der Waals surface area contributed by atoms with Gasteiger partial charge in [0.05, 0.1) is 0 Å². The van der Waals surface area contributed by atoms with E-state index in [9.17, 15) is 4.79 Å². The third-order valence-electron chi connectivity index (χ3n) is 1.24. The highest BCUT2D eigenvalue weighted by Crippen LogP contribution is 2.12. The minimum absolute atomic E-state index is 0.244. The van der Waals surface area contributed by atoms with E-state index in [1.165, 1.54) is 6.92 Å². The molecule has 0 saturated carbocycles. The summed E-state index contributed by atoms with van der Waals surface area (Å²) in [7, 11) is 0. The zero-order valence-electron chi connectivity index (χ0n) is 5.92. The van der Waals surface area contributed by atoms with Gasteiger partial charge in [-0.1, -0.05) is 0 Å². The maximum absolute atomic E-state index is 10.4. The molecule has 1 aliphatic rings. The molecular weight excluding hydrogens is 132 g/mol. The second kappa shape index (κ2) is 3.56. The van der Waals surface area contributed by atoms with E-state index in [1.54, 1.807) is 0 Å². The zero-order chi connectivity index (χ0) is 7.40. The monoisotopic (exact) mass is 142 g/mol. The van der Waals surface area contributed by atoms with Crippen molar-refractivity contribution in [3.63, 3.8) is 0 Å². The van der Waals surface area contributed by atoms with Crippen molar-refractivity contribution in [1.82, 2.24) is 0 Å². The Balaban J connectivity index is 2.19. The van der Waals surface area contributed by atoms with Crippen molar-refractivity contribution < 1.29 is 14.3 Å². The van der Waals surface area contributed by atoms with Gasteiger partial charge in [-0.2, -0.15) is 0 Å². The summed E-state index contributed by atoms with van der Waals surface area (Å²) in [5.74, 6) is -0.275. The summed E-state index contributed by atoms with van der Waals surface area (Å²) in [4.78, 5) is 10.4. The first-order valence-corrected chi connectivity index (χ1v) is 3.33. The molecule has 0 aromatic rings. The van der Waals surface area contributed by atoms with Crippen LogP contribution in [0.3, 0.4) is 0 Å². The molecular formula is C7H10O3. The average molecular weight is 142 g/mol. The molecule has 3 heteroatoms. The Morgan fingerprint density at radius 1 is 1.80 bits per heavy atom. The second-order valence-corrected chi connectivity index (χ2v) is 2.21. The minimum Gasteiger partial charge on any atom is -0.459 e. The standard InChI is InChI=1S/C7H10O3/c1-6(8)10-7-3-2-4-9-5-7/h7H,2-4H2,1H3. The van der Waals surface area contributed by atoms with Gasteiger partial charge in [-0.15, -0.1) is 0 Å². The normalized spacial score (nSPS) is 25.9. The number of hydrogen-bond donors (Lipinski definition) is 0. The molecule has 1 aliphatic heterocycles. The Morgan fingerprint density at radius 3 is 3.10 bits per heavy atom. The molecule has 1 atom stereocenters. The molecule has 1 fully saturated rings. The first-order valence-electron chi connectivity index (χ1n) is 3.33. The number of rotatable bonds is 1. The van der Waals surface area contributed by atoms with E-state index < -0.39 is 0 Å². The third-order valence-corrected chi connectivity index (χ3v) is 1.24. The fourth-order valence-corrected chi connectivity index (χ4v) is 0.835. The van der Waals surface area contributed by atoms with Crippen LogP contribution in [0.2, 0.25) is 0 Å². The summed E-state index contributed by atoms with van der Waals surface area (Å²) < 4.78 is 9.67. The number of ether oxygens (including phenoxy) is 2. The smallest absolute Gasteiger partial charge is 0.303 e. The lowest BCUT2D eigenvalue weighted by Crippen LogP contribution is -2.22. The van der Waals surface area contributed by atoms with Gasteiger partial charge in [-0.05, 0) is 12.8 Å². The fraction of sp³-hybridized carbons (Fsp3) is 0.714. The van der Waals surface area contributed by atoms with Gasteiger partial charge in [0.1, 0.15) is 6.10 Å². The van der Waals surface area contributed by atoms with Crippen molar-refractivity contribution >= 4 is 5.97 Å². The third kappa shape index (κ3) is 2.35. The van der Waals surface area contributed by atoms with E-state index in [1.807, 2.05) is 0 Å². The molecule has 1 heterocycles. The molecule has 0 aromatic heterocycles. The fourth-order valence-electron chi connectivity index (χ4n) is 0.835. The lowest BCUT2D eigenvalue weighted by atomic mass is 10.2. The Morgan fingerprint density at radius 2 is 2.60 bits per heavy atom. The van der Waals surface area contributed by atoms with E-state index in [-0.39, 0.29) is 12.1 Å². The van der Waals surface area contributed by atoms with E-state index in [4.69, 9.17) is 9.47 Å². The van der Waals surface area contributed by atoms with Crippen LogP contribution in [0.5, 0.6) is 0 Å². The Bertz CT molecular complexity index is 116. The van der Waals surface area contributed by atoms with Crippen LogP contribution in [0, 0.1) is 6.61 Å². The number of esters is 1. The highest BCUT2D eigenvalue weighted by atomic mass is 16.6. The van der Waals surface area contributed by atoms with Crippen LogP contribution in [-0.4, -0.2) is 18.7 Å². The largest absolute Gasteiger partial charge is 0.459 e. The van der Waals surface area contributed by atoms with Crippen molar-refractivity contribution in [2.45, 2.75) is 25.9 Å². The van der Waals surface area contributed by atoms with Crippen LogP contribution in [0.25, 0.3) is 0 Å². The molecule has 0 bridgehead atoms. The zero-order valence-corrected chi connectivity index (χ0v) is 5.92. The molecule has 56 valence electrons. The van der Waals surface area contributed by atoms with Crippen LogP contribution >= 0.6 is 0 Å². The SMILES string of the molecule is CC(=O)OC1[C]OCCC1. The molecule has 1 unspecified atom stereocenters. The molecule has 0 N–H and O–H groups in total. The Hall–Kier alpha value is -0.570. The van der Waals surface area contributed by atoms with Crippen LogP contribution in [0.1, 0.15) is 19.8 Å². The Kier molecular flexibility index (Phi) is 2.68. The van der Waals surface area contributed by atoms with Gasteiger partial charge in [0.15, 0.2) is 6.61 Å². The molecule has 1 saturated heterocycles. The molecule has 0 aliphatic carbocycles. The summed E-state index contributed by atoms with van der Waals surface area (Å²) in [6.45, 7) is 4.68. The van der Waals surface area contributed by atoms with Crippen LogP contribution in [0.15, 0.2) is 0 Å². The predicted molar refractivity (Wildman–Crippen MR) is 34.0 cm³/mol. The topological polar surface area (TPSA) is 35.5 Å². The van der Waals surface area contributed by atoms with Crippen molar-refractivity contribution in [3.05, 3.63) is 6.61 Å². The molecule has 10 heavy (non-hydrogen) atoms. The minimum atomic E-state index is -0.275. The van der Waals surface area contributed by atoms with Crippen LogP contribution in [-0.2, 0) is 14.3 Å². The maximum Gasteiger partial charge on any atom is 0.303 e. The summed E-state index contributed by atoms with van der Waals surface area (Å²) in [5, 5.41) is 0. The van der Waals surface area contributed by atoms with Gasteiger partial charge in [0.2, 0.25) is 0 Å². The first-order chi connectivity index (χ1) is 4.79. The van der Waals surface area contributed by atoms with Gasteiger partial charge in [0.25, 0.3) is 0 Å². The second-order valence-electron chi connectivity index (χ2n) is 2.21. The molecule has 0 aromatic carbocycles. The van der Waals surface area contributed by atoms with Gasteiger partial charge in [-0.3, -0.25) is 4.79 Å². The molecule has 0 amide bonds. The summed E-state index contributed by atoms with van der Waals surface area (Å²) in [6.07, 6.45) is 1.52. The average Bonchev–Trinajstić information content (AvgIpc) is 1.88. The summed E-state index contributed by atoms with van der Waals surface area (Å²) >= 11 is 0. The summed E-state index contributed by atoms with van der Waals surface area (Å²) in [5.41, 5.74) is 0. The summed E-state index contributed by atoms with van der Waals surface area (Å²) in [6, 6.07) is 0. The number of hydrogen-bond acceptors (Lipinski definition) is 3. The van der Waals surface area contributed by atoms with E-state index >= 15 is 0 Å². The van der Waals surface area contributed by atoms with Crippen molar-refractivity contribution in [1.29, 1.82) is 0 Å². The number of carbonyl (C=O) groups is 1. The van der Waals surface area contributed by atoms with Crippen molar-refractivity contribution in [2.24, 2.45) is 0 Å². The van der Waals surface area contributed by atoms with Crippen LogP contribution in [0.4, 0.5) is 0 Å². The van der Waals surface area contributed by atoms with Gasteiger partial charge in [0, 0.05) is 13.5 Å². The lowest BCUT2D eigenvalue weighted by Gasteiger charge is -2.19. The molecule has 0 spiro atoms. The predicted octanol–water partition coefficient (Wildman–Crippen LogP) is 0.767. The number of carbonyl (C=O) groups excluding carboxylic acids is 1. The molecule has 3 nitrogen and oxygen atoms in total. The Labute approximate surface area is 60.3 Å².